The van der Waals surface area contributed by atoms with Gasteiger partial charge >= 0.3 is 5.97 Å². The van der Waals surface area contributed by atoms with E-state index in [2.05, 4.69) is 4.98 Å². The van der Waals surface area contributed by atoms with Crippen molar-refractivity contribution in [3.8, 4) is 0 Å². The Bertz CT molecular complexity index is 509. The van der Waals surface area contributed by atoms with E-state index in [1.165, 1.54) is 0 Å². The molecular formula is C12H17N3O4S. The third-order valence-electron chi connectivity index (χ3n) is 3.03. The number of pyridine rings is 1. The first-order chi connectivity index (χ1) is 9.38. The van der Waals surface area contributed by atoms with Crippen molar-refractivity contribution in [2.45, 2.75) is 19.4 Å². The van der Waals surface area contributed by atoms with Gasteiger partial charge in [0.15, 0.2) is 0 Å². The Morgan fingerprint density at radius 1 is 1.65 bits per heavy atom. The predicted molar refractivity (Wildman–Crippen MR) is 78.7 cm³/mol. The highest BCUT2D eigenvalue weighted by atomic mass is 32.2. The van der Waals surface area contributed by atoms with Crippen molar-refractivity contribution in [3.05, 3.63) is 27.9 Å². The molecule has 1 N–H and O–H groups in total. The van der Waals surface area contributed by atoms with Gasteiger partial charge in [-0.3, -0.25) is 10.1 Å². The van der Waals surface area contributed by atoms with Crippen molar-refractivity contribution < 1.29 is 14.8 Å². The van der Waals surface area contributed by atoms with Gasteiger partial charge in [-0.25, -0.2) is 9.78 Å². The molecule has 0 aliphatic carbocycles. The van der Waals surface area contributed by atoms with E-state index in [0.29, 0.717) is 0 Å². The van der Waals surface area contributed by atoms with E-state index in [9.17, 15) is 20.0 Å². The van der Waals surface area contributed by atoms with E-state index in [1.807, 2.05) is 13.2 Å². The fraction of sp³-hybridized carbons (Fsp3) is 0.500. The molecule has 110 valence electrons. The molecule has 1 rings (SSSR count). The minimum Gasteiger partial charge on any atom is -0.478 e. The number of nitro groups is 1. The van der Waals surface area contributed by atoms with Crippen LogP contribution < -0.4 is 4.90 Å². The molecular weight excluding hydrogens is 282 g/mol. The fourth-order valence-electron chi connectivity index (χ4n) is 1.68. The monoisotopic (exact) mass is 299 g/mol. The van der Waals surface area contributed by atoms with Crippen LogP contribution in [0, 0.1) is 10.1 Å². The Labute approximate surface area is 121 Å². The van der Waals surface area contributed by atoms with Crippen LogP contribution in [0.15, 0.2) is 12.3 Å². The minimum atomic E-state index is -1.22. The van der Waals surface area contributed by atoms with Crippen LogP contribution in [0.4, 0.5) is 11.5 Å². The SMILES string of the molecule is CSCCC(C)N(C)c1ncc([N+](=O)[O-])cc1C(=O)O. The third-order valence-corrected chi connectivity index (χ3v) is 3.67. The molecule has 1 unspecified atom stereocenters. The van der Waals surface area contributed by atoms with Crippen LogP contribution in [0.5, 0.6) is 0 Å². The van der Waals surface area contributed by atoms with Crippen LogP contribution >= 0.6 is 11.8 Å². The molecule has 0 fully saturated rings. The van der Waals surface area contributed by atoms with E-state index in [4.69, 9.17) is 0 Å². The summed E-state index contributed by atoms with van der Waals surface area (Å²) < 4.78 is 0. The number of aromatic carboxylic acids is 1. The highest BCUT2D eigenvalue weighted by Gasteiger charge is 2.22. The molecule has 0 aliphatic heterocycles. The van der Waals surface area contributed by atoms with Gasteiger partial charge in [0.2, 0.25) is 0 Å². The smallest absolute Gasteiger partial charge is 0.339 e. The van der Waals surface area contributed by atoms with Gasteiger partial charge < -0.3 is 10.0 Å². The minimum absolute atomic E-state index is 0.0921. The van der Waals surface area contributed by atoms with Gasteiger partial charge in [0.25, 0.3) is 5.69 Å². The molecule has 1 aromatic heterocycles. The third kappa shape index (κ3) is 3.83. The molecule has 0 spiro atoms. The average Bonchev–Trinajstić information content (AvgIpc) is 2.42. The number of anilines is 1. The molecule has 0 aliphatic rings. The van der Waals surface area contributed by atoms with Gasteiger partial charge in [-0.1, -0.05) is 0 Å². The molecule has 0 saturated carbocycles. The van der Waals surface area contributed by atoms with E-state index in [-0.39, 0.29) is 23.1 Å². The predicted octanol–water partition coefficient (Wildman–Crippen LogP) is 2.27. The lowest BCUT2D eigenvalue weighted by atomic mass is 10.2. The first-order valence-electron chi connectivity index (χ1n) is 5.98. The number of carbonyl (C=O) groups is 1. The molecule has 0 amide bonds. The lowest BCUT2D eigenvalue weighted by molar-refractivity contribution is -0.385. The van der Waals surface area contributed by atoms with Gasteiger partial charge in [-0.05, 0) is 25.4 Å². The highest BCUT2D eigenvalue weighted by molar-refractivity contribution is 7.98. The lowest BCUT2D eigenvalue weighted by Crippen LogP contribution is -2.31. The second-order valence-corrected chi connectivity index (χ2v) is 5.35. The molecule has 0 aromatic carbocycles. The molecule has 0 radical (unpaired) electrons. The number of carboxylic acid groups (broad SMARTS) is 1. The maximum Gasteiger partial charge on any atom is 0.339 e. The van der Waals surface area contributed by atoms with Gasteiger partial charge in [0.05, 0.1) is 4.92 Å². The van der Waals surface area contributed by atoms with Crippen LogP contribution in [0.1, 0.15) is 23.7 Å². The summed E-state index contributed by atoms with van der Waals surface area (Å²) >= 11 is 1.71. The zero-order valence-corrected chi connectivity index (χ0v) is 12.4. The molecule has 1 heterocycles. The quantitative estimate of drug-likeness (QED) is 0.609. The number of carboxylic acids is 1. The number of hydrogen-bond donors (Lipinski definition) is 1. The van der Waals surface area contributed by atoms with E-state index < -0.39 is 10.9 Å². The van der Waals surface area contributed by atoms with Crippen LogP contribution in [0.3, 0.4) is 0 Å². The Morgan fingerprint density at radius 2 is 2.30 bits per heavy atom. The topological polar surface area (TPSA) is 96.6 Å². The van der Waals surface area contributed by atoms with Crippen molar-refractivity contribution in [3.63, 3.8) is 0 Å². The summed E-state index contributed by atoms with van der Waals surface area (Å²) in [5.41, 5.74) is -0.478. The summed E-state index contributed by atoms with van der Waals surface area (Å²) in [4.78, 5) is 27.0. The first kappa shape index (κ1) is 16.2. The van der Waals surface area contributed by atoms with Crippen molar-refractivity contribution >= 4 is 29.2 Å². The Kier molecular flexibility index (Phi) is 5.75. The Balaban J connectivity index is 3.10. The average molecular weight is 299 g/mol. The van der Waals surface area contributed by atoms with Gasteiger partial charge in [-0.2, -0.15) is 11.8 Å². The second-order valence-electron chi connectivity index (χ2n) is 4.37. The largest absolute Gasteiger partial charge is 0.478 e. The molecule has 1 aromatic rings. The number of rotatable bonds is 7. The molecule has 20 heavy (non-hydrogen) atoms. The summed E-state index contributed by atoms with van der Waals surface area (Å²) in [6, 6.07) is 1.14. The zero-order chi connectivity index (χ0) is 15.3. The fourth-order valence-corrected chi connectivity index (χ4v) is 2.25. The summed E-state index contributed by atoms with van der Waals surface area (Å²) in [6.45, 7) is 1.96. The number of nitrogens with zero attached hydrogens (tertiary/aromatic N) is 3. The molecule has 7 nitrogen and oxygen atoms in total. The van der Waals surface area contributed by atoms with E-state index in [1.54, 1.807) is 23.7 Å². The van der Waals surface area contributed by atoms with Gasteiger partial charge in [-0.15, -0.1) is 0 Å². The number of aromatic nitrogens is 1. The molecule has 8 heteroatoms. The zero-order valence-electron chi connectivity index (χ0n) is 11.6. The highest BCUT2D eigenvalue weighted by Crippen LogP contribution is 2.24. The number of thioether (sulfide) groups is 1. The summed E-state index contributed by atoms with van der Waals surface area (Å²) in [5.74, 6) is -0.0298. The second kappa shape index (κ2) is 7.09. The lowest BCUT2D eigenvalue weighted by Gasteiger charge is -2.26. The number of hydrogen-bond acceptors (Lipinski definition) is 6. The maximum absolute atomic E-state index is 11.2. The summed E-state index contributed by atoms with van der Waals surface area (Å²) in [5, 5.41) is 19.9. The van der Waals surface area contributed by atoms with E-state index in [0.717, 1.165) is 24.4 Å². The maximum atomic E-state index is 11.2. The van der Waals surface area contributed by atoms with Crippen molar-refractivity contribution in [2.75, 3.05) is 24.0 Å². The van der Waals surface area contributed by atoms with Gasteiger partial charge in [0, 0.05) is 19.2 Å². The van der Waals surface area contributed by atoms with Crippen LogP contribution in [-0.4, -0.2) is 46.1 Å². The van der Waals surface area contributed by atoms with Crippen molar-refractivity contribution in [1.82, 2.24) is 4.98 Å². The van der Waals surface area contributed by atoms with Crippen LogP contribution in [0.2, 0.25) is 0 Å². The molecule has 1 atom stereocenters. The summed E-state index contributed by atoms with van der Waals surface area (Å²) in [6.07, 6.45) is 3.95. The molecule has 0 saturated heterocycles. The normalized spacial score (nSPS) is 11.9. The molecule has 0 bridgehead atoms. The summed E-state index contributed by atoms with van der Waals surface area (Å²) in [7, 11) is 1.74. The van der Waals surface area contributed by atoms with Crippen molar-refractivity contribution in [2.24, 2.45) is 0 Å². The van der Waals surface area contributed by atoms with Crippen LogP contribution in [0.25, 0.3) is 0 Å². The van der Waals surface area contributed by atoms with E-state index >= 15 is 0 Å². The Hall–Kier alpha value is -1.83. The van der Waals surface area contributed by atoms with Crippen molar-refractivity contribution in [1.29, 1.82) is 0 Å². The first-order valence-corrected chi connectivity index (χ1v) is 7.37. The Morgan fingerprint density at radius 3 is 2.80 bits per heavy atom. The van der Waals surface area contributed by atoms with Gasteiger partial charge in [0.1, 0.15) is 17.6 Å². The van der Waals surface area contributed by atoms with Crippen LogP contribution in [-0.2, 0) is 0 Å². The standard InChI is InChI=1S/C12H17N3O4S/c1-8(4-5-20-3)14(2)11-10(12(16)17)6-9(7-13-11)15(18)19/h6-8H,4-5H2,1-3H3,(H,16,17).